The van der Waals surface area contributed by atoms with Gasteiger partial charge in [0.05, 0.1) is 30.6 Å². The fourth-order valence-corrected chi connectivity index (χ4v) is 1.96. The van der Waals surface area contributed by atoms with Crippen molar-refractivity contribution in [1.82, 2.24) is 4.98 Å². The molecule has 21 heavy (non-hydrogen) atoms. The SMILES string of the molecule is COC(=O)c1cc(NC(C)c2ccccc2F)ncc1N. The zero-order valence-electron chi connectivity index (χ0n) is 11.8. The first kappa shape index (κ1) is 14.8. The van der Waals surface area contributed by atoms with Crippen LogP contribution in [0.15, 0.2) is 36.5 Å². The Hall–Kier alpha value is -2.63. The smallest absolute Gasteiger partial charge is 0.340 e. The molecule has 0 spiro atoms. The molecule has 0 aliphatic carbocycles. The van der Waals surface area contributed by atoms with Gasteiger partial charge in [0.1, 0.15) is 11.6 Å². The second-order valence-corrected chi connectivity index (χ2v) is 4.54. The van der Waals surface area contributed by atoms with Gasteiger partial charge < -0.3 is 15.8 Å². The first-order valence-corrected chi connectivity index (χ1v) is 6.37. The van der Waals surface area contributed by atoms with E-state index in [0.29, 0.717) is 11.4 Å². The van der Waals surface area contributed by atoms with Crippen LogP contribution in [0.5, 0.6) is 0 Å². The van der Waals surface area contributed by atoms with Crippen molar-refractivity contribution in [2.45, 2.75) is 13.0 Å². The summed E-state index contributed by atoms with van der Waals surface area (Å²) in [4.78, 5) is 15.7. The van der Waals surface area contributed by atoms with E-state index in [-0.39, 0.29) is 23.1 Å². The molecule has 1 heterocycles. The third-order valence-electron chi connectivity index (χ3n) is 3.08. The van der Waals surface area contributed by atoms with Gasteiger partial charge in [0.15, 0.2) is 0 Å². The largest absolute Gasteiger partial charge is 0.465 e. The molecule has 1 unspecified atom stereocenters. The van der Waals surface area contributed by atoms with Crippen LogP contribution in [0.3, 0.4) is 0 Å². The molecule has 0 fully saturated rings. The van der Waals surface area contributed by atoms with E-state index in [1.807, 2.05) is 0 Å². The Morgan fingerprint density at radius 3 is 2.81 bits per heavy atom. The summed E-state index contributed by atoms with van der Waals surface area (Å²) in [5.41, 5.74) is 6.64. The van der Waals surface area contributed by atoms with Crippen LogP contribution in [-0.4, -0.2) is 18.1 Å². The molecule has 0 saturated heterocycles. The first-order valence-electron chi connectivity index (χ1n) is 6.37. The van der Waals surface area contributed by atoms with E-state index in [9.17, 15) is 9.18 Å². The quantitative estimate of drug-likeness (QED) is 0.846. The van der Waals surface area contributed by atoms with Gasteiger partial charge in [-0.2, -0.15) is 0 Å². The molecule has 1 atom stereocenters. The lowest BCUT2D eigenvalue weighted by molar-refractivity contribution is 0.0602. The van der Waals surface area contributed by atoms with Crippen LogP contribution in [0, 0.1) is 5.82 Å². The number of pyridine rings is 1. The number of aromatic nitrogens is 1. The number of rotatable bonds is 4. The summed E-state index contributed by atoms with van der Waals surface area (Å²) >= 11 is 0. The molecule has 5 nitrogen and oxygen atoms in total. The van der Waals surface area contributed by atoms with Gasteiger partial charge in [-0.15, -0.1) is 0 Å². The van der Waals surface area contributed by atoms with Crippen molar-refractivity contribution in [3.8, 4) is 0 Å². The minimum absolute atomic E-state index is 0.218. The molecule has 3 N–H and O–H groups in total. The molecular formula is C15H16FN3O2. The molecule has 0 aliphatic rings. The maximum atomic E-state index is 13.7. The molecule has 1 aromatic carbocycles. The molecule has 0 bridgehead atoms. The zero-order chi connectivity index (χ0) is 15.4. The molecule has 2 aromatic rings. The molecule has 2 rings (SSSR count). The highest BCUT2D eigenvalue weighted by atomic mass is 19.1. The Morgan fingerprint density at radius 1 is 1.43 bits per heavy atom. The van der Waals surface area contributed by atoms with Gasteiger partial charge in [0.25, 0.3) is 0 Å². The summed E-state index contributed by atoms with van der Waals surface area (Å²) < 4.78 is 18.4. The number of nitrogens with two attached hydrogens (primary N) is 1. The van der Waals surface area contributed by atoms with Gasteiger partial charge in [-0.25, -0.2) is 14.2 Å². The maximum absolute atomic E-state index is 13.7. The van der Waals surface area contributed by atoms with Crippen molar-refractivity contribution in [3.63, 3.8) is 0 Å². The van der Waals surface area contributed by atoms with Gasteiger partial charge in [0.2, 0.25) is 0 Å². The predicted octanol–water partition coefficient (Wildman–Crippen LogP) is 2.76. The first-order chi connectivity index (χ1) is 10.0. The van der Waals surface area contributed by atoms with Crippen LogP contribution in [0.25, 0.3) is 0 Å². The summed E-state index contributed by atoms with van der Waals surface area (Å²) in [5.74, 6) is -0.432. The van der Waals surface area contributed by atoms with Crippen molar-refractivity contribution < 1.29 is 13.9 Å². The Balaban J connectivity index is 2.24. The molecule has 0 aliphatic heterocycles. The lowest BCUT2D eigenvalue weighted by Crippen LogP contribution is -2.12. The van der Waals surface area contributed by atoms with Crippen molar-refractivity contribution >= 4 is 17.5 Å². The van der Waals surface area contributed by atoms with Gasteiger partial charge in [0, 0.05) is 5.56 Å². The monoisotopic (exact) mass is 289 g/mol. The van der Waals surface area contributed by atoms with Crippen LogP contribution in [-0.2, 0) is 4.74 Å². The van der Waals surface area contributed by atoms with Gasteiger partial charge in [-0.1, -0.05) is 18.2 Å². The Morgan fingerprint density at radius 2 is 2.14 bits per heavy atom. The van der Waals surface area contributed by atoms with Crippen molar-refractivity contribution in [3.05, 3.63) is 53.5 Å². The van der Waals surface area contributed by atoms with E-state index in [2.05, 4.69) is 15.0 Å². The van der Waals surface area contributed by atoms with E-state index in [1.54, 1.807) is 25.1 Å². The maximum Gasteiger partial charge on any atom is 0.340 e. The second-order valence-electron chi connectivity index (χ2n) is 4.54. The highest BCUT2D eigenvalue weighted by molar-refractivity contribution is 5.95. The number of methoxy groups -OCH3 is 1. The highest BCUT2D eigenvalue weighted by Crippen LogP contribution is 2.22. The number of nitrogens with zero attached hydrogens (tertiary/aromatic N) is 1. The summed E-state index contributed by atoms with van der Waals surface area (Å²) in [7, 11) is 1.28. The number of benzene rings is 1. The summed E-state index contributed by atoms with van der Waals surface area (Å²) in [5, 5.41) is 3.03. The second kappa shape index (κ2) is 6.21. The van der Waals surface area contributed by atoms with Crippen molar-refractivity contribution in [2.24, 2.45) is 0 Å². The van der Waals surface area contributed by atoms with Crippen molar-refractivity contribution in [1.29, 1.82) is 0 Å². The molecule has 110 valence electrons. The number of hydrogen-bond donors (Lipinski definition) is 2. The zero-order valence-corrected chi connectivity index (χ0v) is 11.8. The number of anilines is 2. The average molecular weight is 289 g/mol. The standard InChI is InChI=1S/C15H16FN3O2/c1-9(10-5-3-4-6-12(10)16)19-14-7-11(15(20)21-2)13(17)8-18-14/h3-9H,17H2,1-2H3,(H,18,19). The molecule has 0 amide bonds. The molecule has 0 saturated carbocycles. The topological polar surface area (TPSA) is 77.2 Å². The fraction of sp³-hybridized carbons (Fsp3) is 0.200. The number of carbonyl (C=O) groups excluding carboxylic acids is 1. The number of ether oxygens (including phenoxy) is 1. The minimum atomic E-state index is -0.545. The van der Waals surface area contributed by atoms with Crippen LogP contribution in [0.2, 0.25) is 0 Å². The number of carbonyl (C=O) groups is 1. The summed E-state index contributed by atoms with van der Waals surface area (Å²) in [6.45, 7) is 1.80. The summed E-state index contributed by atoms with van der Waals surface area (Å²) in [6, 6.07) is 7.64. The number of nitrogen functional groups attached to an aromatic ring is 1. The van der Waals surface area contributed by atoms with Gasteiger partial charge in [-0.05, 0) is 19.1 Å². The predicted molar refractivity (Wildman–Crippen MR) is 78.4 cm³/mol. The molecular weight excluding hydrogens is 273 g/mol. The van der Waals surface area contributed by atoms with E-state index in [4.69, 9.17) is 5.73 Å². The van der Waals surface area contributed by atoms with E-state index >= 15 is 0 Å². The lowest BCUT2D eigenvalue weighted by atomic mass is 10.1. The number of halogens is 1. The molecule has 6 heteroatoms. The van der Waals surface area contributed by atoms with Crippen LogP contribution in [0.1, 0.15) is 28.9 Å². The molecule has 0 radical (unpaired) electrons. The van der Waals surface area contributed by atoms with Crippen molar-refractivity contribution in [2.75, 3.05) is 18.2 Å². The van der Waals surface area contributed by atoms with E-state index in [1.165, 1.54) is 25.4 Å². The third kappa shape index (κ3) is 3.28. The van der Waals surface area contributed by atoms with Crippen LogP contribution >= 0.6 is 0 Å². The lowest BCUT2D eigenvalue weighted by Gasteiger charge is -2.16. The number of nitrogens with one attached hydrogen (secondary N) is 1. The Kier molecular flexibility index (Phi) is 4.37. The summed E-state index contributed by atoms with van der Waals surface area (Å²) in [6.07, 6.45) is 1.36. The van der Waals surface area contributed by atoms with Crippen LogP contribution < -0.4 is 11.1 Å². The minimum Gasteiger partial charge on any atom is -0.465 e. The average Bonchev–Trinajstić information content (AvgIpc) is 2.48. The van der Waals surface area contributed by atoms with Crippen LogP contribution in [0.4, 0.5) is 15.9 Å². The normalized spacial score (nSPS) is 11.8. The molecule has 1 aromatic heterocycles. The Bertz CT molecular complexity index is 661. The third-order valence-corrected chi connectivity index (χ3v) is 3.08. The number of esters is 1. The number of hydrogen-bond acceptors (Lipinski definition) is 5. The van der Waals surface area contributed by atoms with Gasteiger partial charge >= 0.3 is 5.97 Å². The fourth-order valence-electron chi connectivity index (χ4n) is 1.96. The van der Waals surface area contributed by atoms with E-state index < -0.39 is 5.97 Å². The van der Waals surface area contributed by atoms with E-state index in [0.717, 1.165) is 0 Å². The van der Waals surface area contributed by atoms with Gasteiger partial charge in [-0.3, -0.25) is 0 Å². The Labute approximate surface area is 121 Å². The highest BCUT2D eigenvalue weighted by Gasteiger charge is 2.14.